The second-order valence-corrected chi connectivity index (χ2v) is 2.94. The van der Waals surface area contributed by atoms with Crippen molar-refractivity contribution < 1.29 is 23.9 Å². The predicted molar refractivity (Wildman–Crippen MR) is 50.5 cm³/mol. The van der Waals surface area contributed by atoms with E-state index in [1.807, 2.05) is 0 Å². The Labute approximate surface area is 88.8 Å². The van der Waals surface area contributed by atoms with E-state index in [0.717, 1.165) is 24.3 Å². The van der Waals surface area contributed by atoms with Crippen molar-refractivity contribution in [2.75, 3.05) is 0 Å². The fourth-order valence-electron chi connectivity index (χ4n) is 1.03. The third kappa shape index (κ3) is 2.08. The Morgan fingerprint density at radius 2 is 1.81 bits per heavy atom. The summed E-state index contributed by atoms with van der Waals surface area (Å²) < 4.78 is 26.0. The number of carbonyl (C=O) groups is 1. The Kier molecular flexibility index (Phi) is 3.07. The maximum absolute atomic E-state index is 13.0. The van der Waals surface area contributed by atoms with Crippen LogP contribution in [0.25, 0.3) is 0 Å². The number of aliphatic carboxylic acids is 1. The van der Waals surface area contributed by atoms with Crippen LogP contribution >= 0.6 is 0 Å². The molecule has 0 aliphatic heterocycles. The topological polar surface area (TPSA) is 95.9 Å². The zero-order valence-electron chi connectivity index (χ0n) is 7.89. The lowest BCUT2D eigenvalue weighted by Gasteiger charge is -2.11. The first-order valence-corrected chi connectivity index (χ1v) is 4.09. The summed E-state index contributed by atoms with van der Waals surface area (Å²) in [6, 6.07) is 4.09. The van der Waals surface area contributed by atoms with Gasteiger partial charge in [0.1, 0.15) is 0 Å². The van der Waals surface area contributed by atoms with E-state index in [2.05, 4.69) is 5.16 Å². The van der Waals surface area contributed by atoms with Crippen molar-refractivity contribution in [3.63, 3.8) is 0 Å². The minimum Gasteiger partial charge on any atom is -0.477 e. The Morgan fingerprint density at radius 1 is 1.31 bits per heavy atom. The standard InChI is InChI=1S/C9H8F2N2O3/c10-9(11,8(14)15)6-3-1-5(2-4-6)7(12)13-16/h1-4,16H,(H2,12,13)(H,14,15). The molecule has 0 saturated carbocycles. The minimum atomic E-state index is -3.95. The Hall–Kier alpha value is -2.18. The Morgan fingerprint density at radius 3 is 2.19 bits per heavy atom. The Balaban J connectivity index is 3.09. The molecule has 0 aliphatic rings. The summed E-state index contributed by atoms with van der Waals surface area (Å²) in [6.07, 6.45) is 0. The fraction of sp³-hybridized carbons (Fsp3) is 0.111. The van der Waals surface area contributed by atoms with Gasteiger partial charge in [-0.25, -0.2) is 4.79 Å². The van der Waals surface area contributed by atoms with Crippen LogP contribution in [0, 0.1) is 0 Å². The molecule has 1 rings (SSSR count). The number of nitrogens with two attached hydrogens (primary N) is 1. The molecule has 0 amide bonds. The molecule has 7 heteroatoms. The van der Waals surface area contributed by atoms with Crippen molar-refractivity contribution in [1.29, 1.82) is 0 Å². The number of nitrogens with zero attached hydrogens (tertiary/aromatic N) is 1. The van der Waals surface area contributed by atoms with E-state index in [1.165, 1.54) is 0 Å². The highest BCUT2D eigenvalue weighted by Gasteiger charge is 2.40. The maximum atomic E-state index is 13.0. The molecule has 0 bridgehead atoms. The van der Waals surface area contributed by atoms with Crippen LogP contribution in [-0.4, -0.2) is 22.1 Å². The zero-order chi connectivity index (χ0) is 12.3. The van der Waals surface area contributed by atoms with Crippen LogP contribution in [0.15, 0.2) is 29.4 Å². The number of hydrogen-bond acceptors (Lipinski definition) is 3. The molecule has 0 aromatic heterocycles. The van der Waals surface area contributed by atoms with Crippen LogP contribution in [0.3, 0.4) is 0 Å². The van der Waals surface area contributed by atoms with E-state index < -0.39 is 17.5 Å². The molecule has 0 radical (unpaired) electrons. The number of hydrogen-bond donors (Lipinski definition) is 3. The van der Waals surface area contributed by atoms with Gasteiger partial charge in [0.25, 0.3) is 0 Å². The third-order valence-corrected chi connectivity index (χ3v) is 1.92. The normalized spacial score (nSPS) is 12.5. The molecular weight excluding hydrogens is 222 g/mol. The van der Waals surface area contributed by atoms with Crippen molar-refractivity contribution in [1.82, 2.24) is 0 Å². The van der Waals surface area contributed by atoms with E-state index in [4.69, 9.17) is 16.0 Å². The molecule has 1 aromatic carbocycles. The first kappa shape index (κ1) is 11.9. The highest BCUT2D eigenvalue weighted by molar-refractivity contribution is 5.97. The van der Waals surface area contributed by atoms with Gasteiger partial charge in [-0.1, -0.05) is 29.4 Å². The molecule has 1 aromatic rings. The van der Waals surface area contributed by atoms with Crippen molar-refractivity contribution in [2.24, 2.45) is 10.9 Å². The van der Waals surface area contributed by atoms with Gasteiger partial charge in [-0.3, -0.25) is 0 Å². The molecule has 0 unspecified atom stereocenters. The van der Waals surface area contributed by atoms with Crippen molar-refractivity contribution in [2.45, 2.75) is 5.92 Å². The number of carboxylic acids is 1. The molecule has 0 fully saturated rings. The van der Waals surface area contributed by atoms with Crippen molar-refractivity contribution in [3.8, 4) is 0 Å². The molecular formula is C9H8F2N2O3. The van der Waals surface area contributed by atoms with E-state index in [-0.39, 0.29) is 11.4 Å². The molecule has 16 heavy (non-hydrogen) atoms. The van der Waals surface area contributed by atoms with Gasteiger partial charge < -0.3 is 16.0 Å². The van der Waals surface area contributed by atoms with Crippen LogP contribution < -0.4 is 5.73 Å². The summed E-state index contributed by atoms with van der Waals surface area (Å²) >= 11 is 0. The van der Waals surface area contributed by atoms with Gasteiger partial charge in [-0.2, -0.15) is 8.78 Å². The number of amidine groups is 1. The number of rotatable bonds is 3. The average molecular weight is 230 g/mol. The van der Waals surface area contributed by atoms with Crippen LogP contribution in [0.2, 0.25) is 0 Å². The monoisotopic (exact) mass is 230 g/mol. The lowest BCUT2D eigenvalue weighted by atomic mass is 10.1. The van der Waals surface area contributed by atoms with Crippen LogP contribution in [0.5, 0.6) is 0 Å². The molecule has 0 saturated heterocycles. The quantitative estimate of drug-likeness (QED) is 0.312. The highest BCUT2D eigenvalue weighted by atomic mass is 19.3. The SMILES string of the molecule is N/C(=N\O)c1ccc(C(F)(F)C(=O)O)cc1. The van der Waals surface area contributed by atoms with Gasteiger partial charge in [0.05, 0.1) is 0 Å². The molecule has 4 N–H and O–H groups in total. The van der Waals surface area contributed by atoms with Gasteiger partial charge in [-0.15, -0.1) is 0 Å². The van der Waals surface area contributed by atoms with Gasteiger partial charge in [-0.05, 0) is 0 Å². The summed E-state index contributed by atoms with van der Waals surface area (Å²) in [5, 5.41) is 19.3. The molecule has 0 atom stereocenters. The van der Waals surface area contributed by atoms with E-state index in [1.54, 1.807) is 0 Å². The van der Waals surface area contributed by atoms with Crippen LogP contribution in [-0.2, 0) is 10.7 Å². The van der Waals surface area contributed by atoms with E-state index in [9.17, 15) is 13.6 Å². The van der Waals surface area contributed by atoms with Gasteiger partial charge >= 0.3 is 11.9 Å². The number of carboxylic acid groups (broad SMARTS) is 1. The first-order chi connectivity index (χ1) is 7.39. The third-order valence-electron chi connectivity index (χ3n) is 1.92. The van der Waals surface area contributed by atoms with Gasteiger partial charge in [0.15, 0.2) is 5.84 Å². The van der Waals surface area contributed by atoms with Gasteiger partial charge in [0, 0.05) is 11.1 Å². The summed E-state index contributed by atoms with van der Waals surface area (Å²) in [5.74, 6) is -6.43. The minimum absolute atomic E-state index is 0.215. The van der Waals surface area contributed by atoms with E-state index >= 15 is 0 Å². The van der Waals surface area contributed by atoms with E-state index in [0.29, 0.717) is 0 Å². The smallest absolute Gasteiger partial charge is 0.379 e. The van der Waals surface area contributed by atoms with Gasteiger partial charge in [0.2, 0.25) is 0 Å². The van der Waals surface area contributed by atoms with Crippen molar-refractivity contribution in [3.05, 3.63) is 35.4 Å². The second-order valence-electron chi connectivity index (χ2n) is 2.94. The first-order valence-electron chi connectivity index (χ1n) is 4.09. The second kappa shape index (κ2) is 4.13. The maximum Gasteiger partial charge on any atom is 0.379 e. The number of benzene rings is 1. The highest BCUT2D eigenvalue weighted by Crippen LogP contribution is 2.28. The molecule has 86 valence electrons. The summed E-state index contributed by atoms with van der Waals surface area (Å²) in [6.45, 7) is 0. The number of halogens is 2. The lowest BCUT2D eigenvalue weighted by molar-refractivity contribution is -0.166. The number of alkyl halides is 2. The molecule has 5 nitrogen and oxygen atoms in total. The summed E-state index contributed by atoms with van der Waals surface area (Å²) in [4.78, 5) is 10.3. The molecule has 0 heterocycles. The summed E-state index contributed by atoms with van der Waals surface area (Å²) in [7, 11) is 0. The fourth-order valence-corrected chi connectivity index (χ4v) is 1.03. The molecule has 0 aliphatic carbocycles. The lowest BCUT2D eigenvalue weighted by Crippen LogP contribution is -2.25. The Bertz CT molecular complexity index is 429. The zero-order valence-corrected chi connectivity index (χ0v) is 7.89. The largest absolute Gasteiger partial charge is 0.477 e. The number of oxime groups is 1. The predicted octanol–water partition coefficient (Wildman–Crippen LogP) is 0.958. The summed E-state index contributed by atoms with van der Waals surface area (Å²) in [5.41, 5.74) is 4.75. The average Bonchev–Trinajstić information content (AvgIpc) is 2.28. The molecule has 0 spiro atoms. The van der Waals surface area contributed by atoms with Crippen LogP contribution in [0.1, 0.15) is 11.1 Å². The van der Waals surface area contributed by atoms with Crippen LogP contribution in [0.4, 0.5) is 8.78 Å². The van der Waals surface area contributed by atoms with Crippen molar-refractivity contribution >= 4 is 11.8 Å².